The van der Waals surface area contributed by atoms with Crippen LogP contribution in [0.2, 0.25) is 0 Å². The smallest absolute Gasteiger partial charge is 0.226 e. The van der Waals surface area contributed by atoms with Crippen LogP contribution < -0.4 is 5.32 Å². The predicted molar refractivity (Wildman–Crippen MR) is 115 cm³/mol. The van der Waals surface area contributed by atoms with Crippen LogP contribution in [0, 0.1) is 0 Å². The van der Waals surface area contributed by atoms with Gasteiger partial charge in [-0.1, -0.05) is 25.9 Å². The third kappa shape index (κ3) is 5.67. The summed E-state index contributed by atoms with van der Waals surface area (Å²) >= 11 is 0. The van der Waals surface area contributed by atoms with Crippen molar-refractivity contribution in [1.29, 1.82) is 0 Å². The number of carbonyl (C=O) groups excluding carboxylic acids is 1. The Bertz CT molecular complexity index is 926. The van der Waals surface area contributed by atoms with E-state index in [0.717, 1.165) is 43.7 Å². The first kappa shape index (κ1) is 21.0. The number of anilines is 1. The molecule has 0 saturated heterocycles. The standard InChI is InChI=1S/C22H31N5O2/c1-4-20-24-22(29-25-20)9-7-8-21(28)23-18-10-11-19-17(16-18)12-13-27(19)15-14-26(5-2)6-3/h10-13,16H,4-9,14-15H2,1-3H3,(H,23,28). The molecule has 2 aromatic heterocycles. The number of hydrogen-bond donors (Lipinski definition) is 1. The number of carbonyl (C=O) groups is 1. The van der Waals surface area contributed by atoms with Gasteiger partial charge in [-0.2, -0.15) is 4.98 Å². The first-order chi connectivity index (χ1) is 14.1. The van der Waals surface area contributed by atoms with Crippen LogP contribution >= 0.6 is 0 Å². The molecule has 0 radical (unpaired) electrons. The van der Waals surface area contributed by atoms with E-state index in [-0.39, 0.29) is 5.91 Å². The molecule has 7 nitrogen and oxygen atoms in total. The van der Waals surface area contributed by atoms with E-state index >= 15 is 0 Å². The van der Waals surface area contributed by atoms with E-state index in [1.165, 1.54) is 5.52 Å². The zero-order chi connectivity index (χ0) is 20.6. The van der Waals surface area contributed by atoms with Crippen molar-refractivity contribution in [2.45, 2.75) is 53.0 Å². The number of nitrogens with zero attached hydrogens (tertiary/aromatic N) is 4. The number of benzene rings is 1. The molecule has 0 saturated carbocycles. The molecule has 0 atom stereocenters. The van der Waals surface area contributed by atoms with E-state index in [1.807, 2.05) is 19.1 Å². The molecule has 1 N–H and O–H groups in total. The van der Waals surface area contributed by atoms with Crippen molar-refractivity contribution in [3.05, 3.63) is 42.2 Å². The quantitative estimate of drug-likeness (QED) is 0.531. The van der Waals surface area contributed by atoms with Gasteiger partial charge in [-0.25, -0.2) is 0 Å². The summed E-state index contributed by atoms with van der Waals surface area (Å²) in [5.41, 5.74) is 2.02. The van der Waals surface area contributed by atoms with E-state index in [2.05, 4.69) is 57.1 Å². The van der Waals surface area contributed by atoms with Crippen molar-refractivity contribution in [3.8, 4) is 0 Å². The van der Waals surface area contributed by atoms with Gasteiger partial charge in [0.2, 0.25) is 11.8 Å². The Kier molecular flexibility index (Phi) is 7.41. The van der Waals surface area contributed by atoms with Gasteiger partial charge in [-0.15, -0.1) is 0 Å². The monoisotopic (exact) mass is 397 g/mol. The molecule has 1 aromatic carbocycles. The Morgan fingerprint density at radius 3 is 2.76 bits per heavy atom. The second-order valence-electron chi connectivity index (χ2n) is 7.17. The van der Waals surface area contributed by atoms with Crippen molar-refractivity contribution in [1.82, 2.24) is 19.6 Å². The van der Waals surface area contributed by atoms with E-state index < -0.39 is 0 Å². The van der Waals surface area contributed by atoms with Crippen molar-refractivity contribution in [2.24, 2.45) is 0 Å². The summed E-state index contributed by atoms with van der Waals surface area (Å²) in [6.45, 7) is 10.5. The van der Waals surface area contributed by atoms with Crippen LogP contribution in [0.15, 0.2) is 35.0 Å². The lowest BCUT2D eigenvalue weighted by molar-refractivity contribution is -0.116. The number of amides is 1. The minimum Gasteiger partial charge on any atom is -0.346 e. The number of aryl methyl sites for hydroxylation is 2. The first-order valence-electron chi connectivity index (χ1n) is 10.6. The van der Waals surface area contributed by atoms with Gasteiger partial charge in [0.25, 0.3) is 0 Å². The number of rotatable bonds is 11. The van der Waals surface area contributed by atoms with Crippen LogP contribution in [0.4, 0.5) is 5.69 Å². The van der Waals surface area contributed by atoms with Gasteiger partial charge in [-0.05, 0) is 43.8 Å². The fourth-order valence-electron chi connectivity index (χ4n) is 3.42. The number of hydrogen-bond acceptors (Lipinski definition) is 5. The minimum atomic E-state index is 0.000506. The Hall–Kier alpha value is -2.67. The number of likely N-dealkylation sites (N-methyl/N-ethyl adjacent to an activating group) is 1. The van der Waals surface area contributed by atoms with Crippen LogP contribution in [0.5, 0.6) is 0 Å². The van der Waals surface area contributed by atoms with Gasteiger partial charge in [0.05, 0.1) is 0 Å². The summed E-state index contributed by atoms with van der Waals surface area (Å²) < 4.78 is 7.43. The van der Waals surface area contributed by atoms with Crippen LogP contribution in [0.3, 0.4) is 0 Å². The van der Waals surface area contributed by atoms with E-state index in [9.17, 15) is 4.79 Å². The highest BCUT2D eigenvalue weighted by Gasteiger charge is 2.09. The molecule has 0 fully saturated rings. The molecular weight excluding hydrogens is 366 g/mol. The summed E-state index contributed by atoms with van der Waals surface area (Å²) in [6.07, 6.45) is 4.60. The number of nitrogens with one attached hydrogen (secondary N) is 1. The third-order valence-corrected chi connectivity index (χ3v) is 5.23. The lowest BCUT2D eigenvalue weighted by atomic mass is 10.2. The highest BCUT2D eigenvalue weighted by Crippen LogP contribution is 2.21. The van der Waals surface area contributed by atoms with Crippen LogP contribution in [-0.2, 0) is 24.2 Å². The fraction of sp³-hybridized carbons (Fsp3) is 0.500. The summed E-state index contributed by atoms with van der Waals surface area (Å²) in [4.78, 5) is 18.9. The van der Waals surface area contributed by atoms with Crippen LogP contribution in [-0.4, -0.2) is 45.1 Å². The average molecular weight is 398 g/mol. The van der Waals surface area contributed by atoms with Crippen LogP contribution in [0.1, 0.15) is 45.3 Å². The van der Waals surface area contributed by atoms with E-state index in [0.29, 0.717) is 31.0 Å². The summed E-state index contributed by atoms with van der Waals surface area (Å²) in [5.74, 6) is 1.31. The number of fused-ring (bicyclic) bond motifs is 1. The molecule has 7 heteroatoms. The van der Waals surface area contributed by atoms with Crippen molar-refractivity contribution < 1.29 is 9.32 Å². The molecule has 1 amide bonds. The van der Waals surface area contributed by atoms with Gasteiger partial charge in [0, 0.05) is 55.1 Å². The molecule has 0 spiro atoms. The van der Waals surface area contributed by atoms with E-state index in [1.54, 1.807) is 0 Å². The first-order valence-corrected chi connectivity index (χ1v) is 10.6. The SMILES string of the molecule is CCc1noc(CCCC(=O)Nc2ccc3c(ccn3CCN(CC)CC)c2)n1. The highest BCUT2D eigenvalue weighted by atomic mass is 16.5. The van der Waals surface area contributed by atoms with E-state index in [4.69, 9.17) is 4.52 Å². The Labute approximate surface area is 172 Å². The molecule has 3 aromatic rings. The Morgan fingerprint density at radius 1 is 1.21 bits per heavy atom. The minimum absolute atomic E-state index is 0.000506. The number of aromatic nitrogens is 3. The topological polar surface area (TPSA) is 76.2 Å². The van der Waals surface area contributed by atoms with Crippen molar-refractivity contribution in [2.75, 3.05) is 25.0 Å². The largest absolute Gasteiger partial charge is 0.346 e. The lowest BCUT2D eigenvalue weighted by Gasteiger charge is -2.18. The van der Waals surface area contributed by atoms with Gasteiger partial charge < -0.3 is 19.3 Å². The second kappa shape index (κ2) is 10.2. The molecule has 0 aliphatic heterocycles. The van der Waals surface area contributed by atoms with Crippen molar-refractivity contribution >= 4 is 22.5 Å². The van der Waals surface area contributed by atoms with Gasteiger partial charge >= 0.3 is 0 Å². The average Bonchev–Trinajstić information content (AvgIpc) is 3.35. The fourth-order valence-corrected chi connectivity index (χ4v) is 3.42. The molecule has 29 heavy (non-hydrogen) atoms. The zero-order valence-electron chi connectivity index (χ0n) is 17.6. The lowest BCUT2D eigenvalue weighted by Crippen LogP contribution is -2.26. The predicted octanol–water partition coefficient (Wildman–Crippen LogP) is 3.89. The maximum atomic E-state index is 12.3. The van der Waals surface area contributed by atoms with Crippen LogP contribution in [0.25, 0.3) is 10.9 Å². The Morgan fingerprint density at radius 2 is 2.03 bits per heavy atom. The normalized spacial score (nSPS) is 11.4. The summed E-state index contributed by atoms with van der Waals surface area (Å²) in [7, 11) is 0. The Balaban J connectivity index is 1.51. The molecule has 0 bridgehead atoms. The molecule has 0 aliphatic rings. The van der Waals surface area contributed by atoms with Gasteiger partial charge in [0.1, 0.15) is 0 Å². The van der Waals surface area contributed by atoms with Gasteiger partial charge in [-0.3, -0.25) is 4.79 Å². The maximum absolute atomic E-state index is 12.3. The third-order valence-electron chi connectivity index (χ3n) is 5.23. The summed E-state index contributed by atoms with van der Waals surface area (Å²) in [6, 6.07) is 8.19. The maximum Gasteiger partial charge on any atom is 0.226 e. The van der Waals surface area contributed by atoms with Gasteiger partial charge in [0.15, 0.2) is 5.82 Å². The second-order valence-corrected chi connectivity index (χ2v) is 7.17. The molecule has 0 unspecified atom stereocenters. The molecule has 3 rings (SSSR count). The summed E-state index contributed by atoms with van der Waals surface area (Å²) in [5, 5.41) is 8.00. The zero-order valence-corrected chi connectivity index (χ0v) is 17.6. The highest BCUT2D eigenvalue weighted by molar-refractivity contribution is 5.93. The molecule has 2 heterocycles. The molecule has 156 valence electrons. The molecular formula is C22H31N5O2. The molecule has 0 aliphatic carbocycles. The van der Waals surface area contributed by atoms with Crippen molar-refractivity contribution in [3.63, 3.8) is 0 Å².